The lowest BCUT2D eigenvalue weighted by atomic mass is 10.1. The zero-order valence-electron chi connectivity index (χ0n) is 10.7. The van der Waals surface area contributed by atoms with Gasteiger partial charge in [0.2, 0.25) is 0 Å². The Morgan fingerprint density at radius 1 is 1.15 bits per heavy atom. The third kappa shape index (κ3) is 3.61. The molecular weight excluding hydrogens is 388 g/mol. The van der Waals surface area contributed by atoms with Gasteiger partial charge in [0, 0.05) is 0 Å². The number of carbonyl (C=O) groups is 1. The van der Waals surface area contributed by atoms with E-state index in [0.717, 1.165) is 25.8 Å². The summed E-state index contributed by atoms with van der Waals surface area (Å²) in [5, 5.41) is 10.7. The Morgan fingerprint density at radius 3 is 2.20 bits per heavy atom. The number of hydrogen-bond acceptors (Lipinski definition) is 3. The molecule has 5 heteroatoms. The number of carbonyl (C=O) groups excluding carboxylic acids is 1. The van der Waals surface area contributed by atoms with Crippen LogP contribution in [0.1, 0.15) is 21.5 Å². The van der Waals surface area contributed by atoms with Crippen molar-refractivity contribution in [2.45, 2.75) is 13.5 Å². The van der Waals surface area contributed by atoms with Crippen LogP contribution in [0.2, 0.25) is 0 Å². The van der Waals surface area contributed by atoms with Crippen molar-refractivity contribution in [2.75, 3.05) is 0 Å². The van der Waals surface area contributed by atoms with Gasteiger partial charge in [0.05, 0.1) is 14.9 Å². The van der Waals surface area contributed by atoms with Crippen molar-refractivity contribution in [2.24, 2.45) is 0 Å². The molecule has 0 bridgehead atoms. The van der Waals surface area contributed by atoms with Gasteiger partial charge in [-0.05, 0) is 67.6 Å². The van der Waals surface area contributed by atoms with Crippen LogP contribution in [0, 0.1) is 6.92 Å². The van der Waals surface area contributed by atoms with Gasteiger partial charge < -0.3 is 14.6 Å². The van der Waals surface area contributed by atoms with Gasteiger partial charge in [0.1, 0.15) is 12.4 Å². The highest BCUT2D eigenvalue weighted by Crippen LogP contribution is 2.35. The van der Waals surface area contributed by atoms with E-state index < -0.39 is 5.97 Å². The monoisotopic (exact) mass is 397 g/mol. The first kappa shape index (κ1) is 15.1. The second-order valence-corrected chi connectivity index (χ2v) is 6.04. The average Bonchev–Trinajstić information content (AvgIpc) is 2.38. The number of ether oxygens (including phenoxy) is 1. The van der Waals surface area contributed by atoms with Crippen LogP contribution in [-0.2, 0) is 6.61 Å². The molecule has 0 aliphatic carbocycles. The first-order valence-corrected chi connectivity index (χ1v) is 7.44. The molecule has 3 nitrogen and oxygen atoms in total. The van der Waals surface area contributed by atoms with E-state index >= 15 is 0 Å². The smallest absolute Gasteiger partial charge is 0.148 e. The molecule has 20 heavy (non-hydrogen) atoms. The molecule has 0 spiro atoms. The van der Waals surface area contributed by atoms with Crippen LogP contribution in [0.15, 0.2) is 45.3 Å². The molecule has 0 aromatic heterocycles. The number of aryl methyl sites for hydroxylation is 1. The fourth-order valence-electron chi connectivity index (χ4n) is 1.72. The number of benzene rings is 2. The second kappa shape index (κ2) is 6.41. The van der Waals surface area contributed by atoms with Gasteiger partial charge in [-0.2, -0.15) is 0 Å². The standard InChI is InChI=1S/C15H12Br2O3/c1-9-6-12(16)14(13(17)7-9)20-8-10-2-4-11(5-3-10)15(18)19/h2-7H,8H2,1H3,(H,18,19)/p-1. The van der Waals surface area contributed by atoms with Crippen molar-refractivity contribution < 1.29 is 14.6 Å². The normalized spacial score (nSPS) is 10.3. The minimum atomic E-state index is -1.18. The maximum absolute atomic E-state index is 10.7. The third-order valence-corrected chi connectivity index (χ3v) is 3.89. The molecular formula is C15H11Br2O3-. The number of carboxylic acids is 1. The summed E-state index contributed by atoms with van der Waals surface area (Å²) in [4.78, 5) is 10.7. The molecule has 2 aromatic carbocycles. The van der Waals surface area contributed by atoms with Crippen molar-refractivity contribution in [1.82, 2.24) is 0 Å². The summed E-state index contributed by atoms with van der Waals surface area (Å²) in [6.45, 7) is 2.35. The Morgan fingerprint density at radius 2 is 1.70 bits per heavy atom. The molecule has 104 valence electrons. The summed E-state index contributed by atoms with van der Waals surface area (Å²) >= 11 is 6.92. The predicted octanol–water partition coefficient (Wildman–Crippen LogP) is 3.46. The largest absolute Gasteiger partial charge is 0.545 e. The number of aromatic carboxylic acids is 1. The van der Waals surface area contributed by atoms with Gasteiger partial charge in [-0.15, -0.1) is 0 Å². The summed E-state index contributed by atoms with van der Waals surface area (Å²) in [6, 6.07) is 10.4. The highest BCUT2D eigenvalue weighted by molar-refractivity contribution is 9.11. The molecule has 0 N–H and O–H groups in total. The summed E-state index contributed by atoms with van der Waals surface area (Å²) in [5.74, 6) is -0.457. The lowest BCUT2D eigenvalue weighted by molar-refractivity contribution is -0.255. The van der Waals surface area contributed by atoms with Crippen molar-refractivity contribution in [3.63, 3.8) is 0 Å². The van der Waals surface area contributed by atoms with Gasteiger partial charge >= 0.3 is 0 Å². The van der Waals surface area contributed by atoms with E-state index in [4.69, 9.17) is 4.74 Å². The number of hydrogen-bond donors (Lipinski definition) is 0. The Bertz CT molecular complexity index is 613. The highest BCUT2D eigenvalue weighted by Gasteiger charge is 2.08. The zero-order valence-corrected chi connectivity index (χ0v) is 13.8. The topological polar surface area (TPSA) is 49.4 Å². The maximum Gasteiger partial charge on any atom is 0.148 e. The summed E-state index contributed by atoms with van der Waals surface area (Å²) in [7, 11) is 0. The van der Waals surface area contributed by atoms with Gasteiger partial charge in [-0.3, -0.25) is 0 Å². The van der Waals surface area contributed by atoms with Crippen LogP contribution < -0.4 is 9.84 Å². The Kier molecular flexibility index (Phi) is 4.83. The van der Waals surface area contributed by atoms with Crippen LogP contribution in [0.4, 0.5) is 0 Å². The number of carboxylic acid groups (broad SMARTS) is 1. The minimum Gasteiger partial charge on any atom is -0.545 e. The maximum atomic E-state index is 10.7. The number of halogens is 2. The summed E-state index contributed by atoms with van der Waals surface area (Å²) < 4.78 is 7.49. The second-order valence-electron chi connectivity index (χ2n) is 4.33. The van der Waals surface area contributed by atoms with Crippen molar-refractivity contribution in [1.29, 1.82) is 0 Å². The molecule has 0 saturated carbocycles. The van der Waals surface area contributed by atoms with Gasteiger partial charge in [0.15, 0.2) is 0 Å². The van der Waals surface area contributed by atoms with Crippen molar-refractivity contribution in [3.8, 4) is 5.75 Å². The van der Waals surface area contributed by atoms with Crippen LogP contribution in [0.3, 0.4) is 0 Å². The van der Waals surface area contributed by atoms with Crippen LogP contribution >= 0.6 is 31.9 Å². The predicted molar refractivity (Wildman–Crippen MR) is 81.7 cm³/mol. The summed E-state index contributed by atoms with van der Waals surface area (Å²) in [5.41, 5.74) is 2.16. The Hall–Kier alpha value is -1.33. The molecule has 0 aliphatic heterocycles. The number of rotatable bonds is 4. The molecule has 2 aromatic rings. The lowest BCUT2D eigenvalue weighted by Crippen LogP contribution is -2.22. The highest BCUT2D eigenvalue weighted by atomic mass is 79.9. The fraction of sp³-hybridized carbons (Fsp3) is 0.133. The third-order valence-electron chi connectivity index (χ3n) is 2.72. The molecule has 0 heterocycles. The fourth-order valence-corrected chi connectivity index (χ4v) is 3.36. The van der Waals surface area contributed by atoms with E-state index in [1.165, 1.54) is 12.1 Å². The van der Waals surface area contributed by atoms with Crippen LogP contribution in [0.5, 0.6) is 5.75 Å². The van der Waals surface area contributed by atoms with E-state index in [1.807, 2.05) is 19.1 Å². The molecule has 0 aliphatic rings. The van der Waals surface area contributed by atoms with E-state index in [1.54, 1.807) is 12.1 Å². The Balaban J connectivity index is 2.11. The van der Waals surface area contributed by atoms with E-state index in [9.17, 15) is 9.90 Å². The van der Waals surface area contributed by atoms with Gasteiger partial charge in [0.25, 0.3) is 0 Å². The molecule has 0 fully saturated rings. The quantitative estimate of drug-likeness (QED) is 0.792. The van der Waals surface area contributed by atoms with E-state index in [2.05, 4.69) is 31.9 Å². The molecule has 2 rings (SSSR count). The molecule has 0 amide bonds. The van der Waals surface area contributed by atoms with Crippen molar-refractivity contribution >= 4 is 37.8 Å². The zero-order chi connectivity index (χ0) is 14.7. The van der Waals surface area contributed by atoms with E-state index in [-0.39, 0.29) is 5.56 Å². The minimum absolute atomic E-state index is 0.159. The molecule has 0 saturated heterocycles. The van der Waals surface area contributed by atoms with Crippen LogP contribution in [-0.4, -0.2) is 5.97 Å². The first-order chi connectivity index (χ1) is 9.47. The van der Waals surface area contributed by atoms with Gasteiger partial charge in [-0.25, -0.2) is 0 Å². The summed E-state index contributed by atoms with van der Waals surface area (Å²) in [6.07, 6.45) is 0. The molecule has 0 unspecified atom stereocenters. The average molecular weight is 399 g/mol. The first-order valence-electron chi connectivity index (χ1n) is 5.86. The van der Waals surface area contributed by atoms with Gasteiger partial charge in [-0.1, -0.05) is 24.3 Å². The van der Waals surface area contributed by atoms with E-state index in [0.29, 0.717) is 6.61 Å². The lowest BCUT2D eigenvalue weighted by Gasteiger charge is -2.12. The SMILES string of the molecule is Cc1cc(Br)c(OCc2ccc(C(=O)[O-])cc2)c(Br)c1. The van der Waals surface area contributed by atoms with Crippen LogP contribution in [0.25, 0.3) is 0 Å². The Labute approximate surface area is 133 Å². The van der Waals surface area contributed by atoms with Crippen molar-refractivity contribution in [3.05, 3.63) is 62.0 Å². The molecule has 0 atom stereocenters. The molecule has 0 radical (unpaired) electrons.